The van der Waals surface area contributed by atoms with Gasteiger partial charge in [-0.1, -0.05) is 0 Å². The molecule has 0 bridgehead atoms. The second kappa shape index (κ2) is 9.23. The van der Waals surface area contributed by atoms with Crippen LogP contribution in [-0.2, 0) is 23.8 Å². The Balaban J connectivity index is 1.77. The molecule has 2 amide bonds. The van der Waals surface area contributed by atoms with E-state index in [0.717, 1.165) is 0 Å². The van der Waals surface area contributed by atoms with E-state index in [1.807, 2.05) is 0 Å². The molecule has 1 aromatic carbocycles. The summed E-state index contributed by atoms with van der Waals surface area (Å²) in [7, 11) is 4.52. The molecule has 29 heavy (non-hydrogen) atoms. The standard InChI is InChI=1S/C20H26N2O7/c1-22-15-6-5-13(9-19(24)27-3)29-17(15)10-28-16-7-4-12(8-14(16)20(22)25)21-18(23)11-26-2/h4,7-8,13,15,17H,5-6,9-11H2,1-3H3,(H,21,23)/t13-,15+,17-/m1/s1. The van der Waals surface area contributed by atoms with Crippen LogP contribution in [0.2, 0.25) is 0 Å². The van der Waals surface area contributed by atoms with E-state index in [9.17, 15) is 14.4 Å². The molecule has 1 N–H and O–H groups in total. The highest BCUT2D eigenvalue weighted by Gasteiger charge is 2.39. The van der Waals surface area contributed by atoms with Gasteiger partial charge in [-0.25, -0.2) is 0 Å². The maximum atomic E-state index is 13.1. The molecule has 0 unspecified atom stereocenters. The Morgan fingerprint density at radius 2 is 2.07 bits per heavy atom. The van der Waals surface area contributed by atoms with Gasteiger partial charge in [0, 0.05) is 19.8 Å². The molecule has 3 atom stereocenters. The number of rotatable bonds is 5. The number of esters is 1. The lowest BCUT2D eigenvalue weighted by Gasteiger charge is -2.42. The maximum absolute atomic E-state index is 13.1. The second-order valence-electron chi connectivity index (χ2n) is 7.14. The molecular weight excluding hydrogens is 380 g/mol. The Bertz CT molecular complexity index is 782. The van der Waals surface area contributed by atoms with Crippen LogP contribution in [0.1, 0.15) is 29.6 Å². The third-order valence-corrected chi connectivity index (χ3v) is 5.19. The van der Waals surface area contributed by atoms with E-state index in [1.54, 1.807) is 30.1 Å². The number of amides is 2. The zero-order valence-electron chi connectivity index (χ0n) is 16.8. The molecule has 2 aliphatic rings. The van der Waals surface area contributed by atoms with E-state index in [2.05, 4.69) is 5.32 Å². The molecule has 0 aromatic heterocycles. The smallest absolute Gasteiger partial charge is 0.308 e. The van der Waals surface area contributed by atoms with E-state index >= 15 is 0 Å². The van der Waals surface area contributed by atoms with Gasteiger partial charge in [-0.15, -0.1) is 0 Å². The van der Waals surface area contributed by atoms with Gasteiger partial charge in [-0.2, -0.15) is 0 Å². The number of methoxy groups -OCH3 is 2. The Morgan fingerprint density at radius 1 is 1.28 bits per heavy atom. The lowest BCUT2D eigenvalue weighted by molar-refractivity contribution is -0.151. The third-order valence-electron chi connectivity index (χ3n) is 5.19. The Labute approximate surface area is 169 Å². The van der Waals surface area contributed by atoms with Crippen LogP contribution in [0, 0.1) is 0 Å². The number of ether oxygens (including phenoxy) is 4. The van der Waals surface area contributed by atoms with Crippen molar-refractivity contribution in [1.82, 2.24) is 4.90 Å². The quantitative estimate of drug-likeness (QED) is 0.733. The number of likely N-dealkylation sites (N-methyl/N-ethyl adjacent to an activating group) is 1. The fourth-order valence-corrected chi connectivity index (χ4v) is 3.70. The molecule has 0 saturated carbocycles. The van der Waals surface area contributed by atoms with E-state index in [-0.39, 0.29) is 55.7 Å². The van der Waals surface area contributed by atoms with Gasteiger partial charge in [0.15, 0.2) is 0 Å². The van der Waals surface area contributed by atoms with E-state index in [0.29, 0.717) is 29.8 Å². The number of carbonyl (C=O) groups is 3. The molecule has 1 fully saturated rings. The molecule has 2 aliphatic heterocycles. The molecule has 0 spiro atoms. The summed E-state index contributed by atoms with van der Waals surface area (Å²) in [5.41, 5.74) is 0.865. The normalized spacial score (nSPS) is 23.8. The third kappa shape index (κ3) is 4.86. The largest absolute Gasteiger partial charge is 0.490 e. The summed E-state index contributed by atoms with van der Waals surface area (Å²) in [6.45, 7) is 0.178. The first-order chi connectivity index (χ1) is 13.9. The molecule has 0 radical (unpaired) electrons. The number of nitrogens with zero attached hydrogens (tertiary/aromatic N) is 1. The maximum Gasteiger partial charge on any atom is 0.308 e. The van der Waals surface area contributed by atoms with Crippen LogP contribution in [0.4, 0.5) is 5.69 Å². The first kappa shape index (κ1) is 21.1. The summed E-state index contributed by atoms with van der Waals surface area (Å²) in [6.07, 6.45) is 0.916. The summed E-state index contributed by atoms with van der Waals surface area (Å²) >= 11 is 0. The van der Waals surface area contributed by atoms with Crippen molar-refractivity contribution in [3.05, 3.63) is 23.8 Å². The van der Waals surface area contributed by atoms with Crippen LogP contribution in [0.5, 0.6) is 5.75 Å². The zero-order valence-corrected chi connectivity index (χ0v) is 16.8. The monoisotopic (exact) mass is 406 g/mol. The van der Waals surface area contributed by atoms with Crippen molar-refractivity contribution < 1.29 is 33.3 Å². The van der Waals surface area contributed by atoms with Crippen molar-refractivity contribution in [2.45, 2.75) is 37.5 Å². The number of hydrogen-bond acceptors (Lipinski definition) is 7. The van der Waals surface area contributed by atoms with Crippen LogP contribution in [0.15, 0.2) is 18.2 Å². The molecular formula is C20H26N2O7. The summed E-state index contributed by atoms with van der Waals surface area (Å²) in [5, 5.41) is 2.69. The van der Waals surface area contributed by atoms with Gasteiger partial charge in [0.25, 0.3) is 5.91 Å². The van der Waals surface area contributed by atoms with Crippen LogP contribution in [-0.4, -0.2) is 75.4 Å². The number of anilines is 1. The van der Waals surface area contributed by atoms with Crippen LogP contribution in [0.25, 0.3) is 0 Å². The van der Waals surface area contributed by atoms with Crippen LogP contribution >= 0.6 is 0 Å². The highest BCUT2D eigenvalue weighted by Crippen LogP contribution is 2.32. The van der Waals surface area contributed by atoms with E-state index in [1.165, 1.54) is 14.2 Å². The highest BCUT2D eigenvalue weighted by molar-refractivity contribution is 6.00. The summed E-state index contributed by atoms with van der Waals surface area (Å²) < 4.78 is 21.4. The SMILES string of the molecule is COCC(=O)Nc1ccc2c(c1)C(=O)N(C)[C@H]1CC[C@H](CC(=O)OC)O[C@@H]1CO2. The summed E-state index contributed by atoms with van der Waals surface area (Å²) in [6, 6.07) is 4.75. The first-order valence-corrected chi connectivity index (χ1v) is 9.48. The Kier molecular flexibility index (Phi) is 6.71. The molecule has 3 rings (SSSR count). The molecule has 9 nitrogen and oxygen atoms in total. The van der Waals surface area contributed by atoms with Crippen molar-refractivity contribution in [2.24, 2.45) is 0 Å². The van der Waals surface area contributed by atoms with Gasteiger partial charge < -0.3 is 29.2 Å². The van der Waals surface area contributed by atoms with Crippen LogP contribution in [0.3, 0.4) is 0 Å². The number of fused-ring (bicyclic) bond motifs is 2. The fraction of sp³-hybridized carbons (Fsp3) is 0.550. The van der Waals surface area contributed by atoms with Crippen molar-refractivity contribution >= 4 is 23.5 Å². The minimum atomic E-state index is -0.346. The van der Waals surface area contributed by atoms with Crippen molar-refractivity contribution in [3.63, 3.8) is 0 Å². The topological polar surface area (TPSA) is 103 Å². The molecule has 1 aromatic rings. The Morgan fingerprint density at radius 3 is 2.79 bits per heavy atom. The van der Waals surface area contributed by atoms with Gasteiger partial charge in [-0.05, 0) is 31.0 Å². The van der Waals surface area contributed by atoms with Crippen molar-refractivity contribution in [2.75, 3.05) is 39.8 Å². The zero-order chi connectivity index (χ0) is 21.0. The van der Waals surface area contributed by atoms with Gasteiger partial charge in [0.05, 0.1) is 31.2 Å². The average molecular weight is 406 g/mol. The number of benzene rings is 1. The number of hydrogen-bond donors (Lipinski definition) is 1. The minimum Gasteiger partial charge on any atom is -0.490 e. The minimum absolute atomic E-state index is 0.0741. The average Bonchev–Trinajstić information content (AvgIpc) is 2.71. The van der Waals surface area contributed by atoms with Crippen LogP contribution < -0.4 is 10.1 Å². The lowest BCUT2D eigenvalue weighted by Crippen LogP contribution is -2.53. The molecule has 0 aliphatic carbocycles. The second-order valence-corrected chi connectivity index (χ2v) is 7.14. The first-order valence-electron chi connectivity index (χ1n) is 9.48. The van der Waals surface area contributed by atoms with Gasteiger partial charge in [-0.3, -0.25) is 14.4 Å². The number of nitrogens with one attached hydrogen (secondary N) is 1. The van der Waals surface area contributed by atoms with Gasteiger partial charge in [0.2, 0.25) is 5.91 Å². The summed E-state index contributed by atoms with van der Waals surface area (Å²) in [4.78, 5) is 38.1. The molecule has 158 valence electrons. The highest BCUT2D eigenvalue weighted by atomic mass is 16.6. The predicted octanol–water partition coefficient (Wildman–Crippen LogP) is 1.22. The molecule has 2 heterocycles. The molecule has 9 heteroatoms. The fourth-order valence-electron chi connectivity index (χ4n) is 3.70. The number of carbonyl (C=O) groups excluding carboxylic acids is 3. The van der Waals surface area contributed by atoms with Crippen molar-refractivity contribution in [3.8, 4) is 5.75 Å². The lowest BCUT2D eigenvalue weighted by atomic mass is 9.94. The van der Waals surface area contributed by atoms with E-state index < -0.39 is 0 Å². The summed E-state index contributed by atoms with van der Waals surface area (Å²) in [5.74, 6) is -0.424. The molecule has 1 saturated heterocycles. The van der Waals surface area contributed by atoms with E-state index in [4.69, 9.17) is 18.9 Å². The van der Waals surface area contributed by atoms with Crippen molar-refractivity contribution in [1.29, 1.82) is 0 Å². The van der Waals surface area contributed by atoms with Gasteiger partial charge in [0.1, 0.15) is 25.1 Å². The predicted molar refractivity (Wildman–Crippen MR) is 103 cm³/mol. The van der Waals surface area contributed by atoms with Gasteiger partial charge >= 0.3 is 5.97 Å². The Hall–Kier alpha value is -2.65.